The Morgan fingerprint density at radius 3 is 1.00 bits per heavy atom. The molecule has 4 heteroatoms. The van der Waals surface area contributed by atoms with E-state index in [1.54, 1.807) is 0 Å². The Morgan fingerprint density at radius 2 is 1.00 bits per heavy atom. The molecule has 0 spiro atoms. The van der Waals surface area contributed by atoms with Gasteiger partial charge in [-0.3, -0.25) is 0 Å². The molecular weight excluding hydrogens is 472 g/mol. The average Bonchev–Trinajstić information content (AvgIpc) is 0. The van der Waals surface area contributed by atoms with Crippen molar-refractivity contribution < 1.29 is 81.9 Å². The fourth-order valence-corrected chi connectivity index (χ4v) is 0. The summed E-state index contributed by atoms with van der Waals surface area (Å²) in [6.45, 7) is 0. The van der Waals surface area contributed by atoms with Crippen LogP contribution in [0, 0.1) is 0 Å². The smallest absolute Gasteiger partial charge is 0 e. The van der Waals surface area contributed by atoms with Crippen molar-refractivity contribution >= 4 is 0 Å². The molecule has 0 aromatic carbocycles. The minimum absolute atomic E-state index is 0. The third kappa shape index (κ3) is 8.82. The number of hydrogen-bond acceptors (Lipinski definition) is 0. The zero-order valence-corrected chi connectivity index (χ0v) is 10.4. The second-order valence-corrected chi connectivity index (χ2v) is 0. The largest absolute Gasteiger partial charge is 0 e. The van der Waals surface area contributed by atoms with Gasteiger partial charge in [0.25, 0.3) is 0 Å². The quantitative estimate of drug-likeness (QED) is 0.436. The van der Waals surface area contributed by atoms with Crippen molar-refractivity contribution in [1.29, 1.82) is 0 Å². The van der Waals surface area contributed by atoms with Gasteiger partial charge in [-0.1, -0.05) is 0 Å². The van der Waals surface area contributed by atoms with Gasteiger partial charge < -0.3 is 0 Å². The molecular formula is CoTaTiW. The Bertz CT molecular complexity index is 8.00. The summed E-state index contributed by atoms with van der Waals surface area (Å²) in [6.07, 6.45) is 0. The third-order valence-corrected chi connectivity index (χ3v) is 0. The van der Waals surface area contributed by atoms with Gasteiger partial charge in [0.15, 0.2) is 0 Å². The van der Waals surface area contributed by atoms with Gasteiger partial charge in [-0.2, -0.15) is 0 Å². The minimum atomic E-state index is 0. The summed E-state index contributed by atoms with van der Waals surface area (Å²) in [6, 6.07) is 0. The van der Waals surface area contributed by atoms with Crippen molar-refractivity contribution in [2.24, 2.45) is 0 Å². The van der Waals surface area contributed by atoms with Crippen LogP contribution in [0.5, 0.6) is 0 Å². The van der Waals surface area contributed by atoms with Crippen molar-refractivity contribution in [3.05, 3.63) is 0 Å². The summed E-state index contributed by atoms with van der Waals surface area (Å²) in [5.74, 6) is 0. The zero-order valence-electron chi connectivity index (χ0n) is 1.69. The first kappa shape index (κ1) is 30.2. The van der Waals surface area contributed by atoms with Crippen LogP contribution in [0.2, 0.25) is 0 Å². The molecule has 0 aromatic rings. The summed E-state index contributed by atoms with van der Waals surface area (Å²) in [7, 11) is 0. The van der Waals surface area contributed by atoms with Gasteiger partial charge in [-0.15, -0.1) is 0 Å². The van der Waals surface area contributed by atoms with E-state index in [4.69, 9.17) is 0 Å². The first-order valence-corrected chi connectivity index (χ1v) is 0. The summed E-state index contributed by atoms with van der Waals surface area (Å²) < 4.78 is 0. The van der Waals surface area contributed by atoms with Gasteiger partial charge >= 0.3 is 0 Å². The molecule has 0 fully saturated rings. The van der Waals surface area contributed by atoms with Crippen LogP contribution < -0.4 is 0 Å². The molecule has 0 nitrogen and oxygen atoms in total. The van der Waals surface area contributed by atoms with Crippen LogP contribution in [0.25, 0.3) is 0 Å². The molecule has 0 amide bonds. The molecule has 0 rings (SSSR count). The normalized spacial score (nSPS) is 0. The van der Waals surface area contributed by atoms with E-state index >= 15 is 0 Å². The Morgan fingerprint density at radius 1 is 1.00 bits per heavy atom. The molecule has 0 heterocycles. The number of rotatable bonds is 0. The topological polar surface area (TPSA) is 0 Å². The average molecular weight is 472 g/mol. The molecule has 24 valence electrons. The van der Waals surface area contributed by atoms with Gasteiger partial charge in [0.1, 0.15) is 0 Å². The van der Waals surface area contributed by atoms with Gasteiger partial charge in [0.05, 0.1) is 0 Å². The standard InChI is InChI=1S/Co.Ta.Ti.W. The molecule has 2 radical (unpaired) electrons. The fourth-order valence-electron chi connectivity index (χ4n) is 0. The van der Waals surface area contributed by atoms with Crippen LogP contribution in [0.3, 0.4) is 0 Å². The minimum Gasteiger partial charge on any atom is 0 e. The molecule has 0 aliphatic rings. The van der Waals surface area contributed by atoms with Gasteiger partial charge in [0.2, 0.25) is 0 Å². The number of hydrogen-bond donors (Lipinski definition) is 0. The maximum Gasteiger partial charge on any atom is 0 e. The van der Waals surface area contributed by atoms with E-state index in [1.807, 2.05) is 0 Å². The van der Waals surface area contributed by atoms with Crippen LogP contribution in [0.15, 0.2) is 0 Å². The molecule has 0 unspecified atom stereocenters. The Balaban J connectivity index is 0. The van der Waals surface area contributed by atoms with E-state index in [9.17, 15) is 0 Å². The van der Waals surface area contributed by atoms with E-state index in [2.05, 4.69) is 0 Å². The van der Waals surface area contributed by atoms with E-state index in [0.717, 1.165) is 0 Å². The van der Waals surface area contributed by atoms with Crippen LogP contribution >= 0.6 is 0 Å². The Kier molecular flexibility index (Phi) is 132. The fraction of sp³-hybridized carbons (Fsp3) is 0. The molecule has 0 bridgehead atoms. The molecule has 0 N–H and O–H groups in total. The van der Waals surface area contributed by atoms with Crippen molar-refractivity contribution in [1.82, 2.24) is 0 Å². The van der Waals surface area contributed by atoms with Crippen molar-refractivity contribution in [3.8, 4) is 0 Å². The summed E-state index contributed by atoms with van der Waals surface area (Å²) in [5, 5.41) is 0. The maximum atomic E-state index is 0. The first-order chi connectivity index (χ1) is 0. The van der Waals surface area contributed by atoms with E-state index in [-0.39, 0.29) is 81.9 Å². The predicted molar refractivity (Wildman–Crippen MR) is 0 cm³/mol. The monoisotopic (exact) mass is 472 g/mol. The van der Waals surface area contributed by atoms with Crippen molar-refractivity contribution in [2.75, 3.05) is 0 Å². The van der Waals surface area contributed by atoms with Crippen LogP contribution in [0.1, 0.15) is 0 Å². The first-order valence-electron chi connectivity index (χ1n) is 0. The SMILES string of the molecule is [Co].[Ta].[Ti].[W]. The van der Waals surface area contributed by atoms with Crippen LogP contribution in [-0.2, 0) is 81.9 Å². The molecule has 0 saturated heterocycles. The van der Waals surface area contributed by atoms with Gasteiger partial charge in [-0.25, -0.2) is 0 Å². The Labute approximate surface area is 80.7 Å². The van der Waals surface area contributed by atoms with Gasteiger partial charge in [0, 0.05) is 81.9 Å². The summed E-state index contributed by atoms with van der Waals surface area (Å²) >= 11 is 0. The van der Waals surface area contributed by atoms with E-state index in [1.165, 1.54) is 0 Å². The van der Waals surface area contributed by atoms with Crippen LogP contribution in [-0.4, -0.2) is 0 Å². The molecule has 0 aliphatic carbocycles. The molecule has 0 saturated carbocycles. The molecule has 4 heavy (non-hydrogen) atoms. The molecule has 0 atom stereocenters. The summed E-state index contributed by atoms with van der Waals surface area (Å²) in [5.41, 5.74) is 0. The van der Waals surface area contributed by atoms with Crippen molar-refractivity contribution in [3.63, 3.8) is 0 Å². The second kappa shape index (κ2) is 17.4. The Hall–Kier alpha value is 2.65. The predicted octanol–water partition coefficient (Wildman–Crippen LogP) is -0.0100. The summed E-state index contributed by atoms with van der Waals surface area (Å²) in [4.78, 5) is 0. The zero-order chi connectivity index (χ0) is 0. The van der Waals surface area contributed by atoms with Crippen molar-refractivity contribution in [2.45, 2.75) is 0 Å². The van der Waals surface area contributed by atoms with E-state index in [0.29, 0.717) is 0 Å². The molecule has 0 aromatic heterocycles. The molecule has 0 aliphatic heterocycles. The van der Waals surface area contributed by atoms with Crippen LogP contribution in [0.4, 0.5) is 0 Å². The van der Waals surface area contributed by atoms with Gasteiger partial charge in [-0.05, 0) is 0 Å². The second-order valence-electron chi connectivity index (χ2n) is 0. The maximum absolute atomic E-state index is 0. The van der Waals surface area contributed by atoms with E-state index < -0.39 is 0 Å². The third-order valence-electron chi connectivity index (χ3n) is 0.